The summed E-state index contributed by atoms with van der Waals surface area (Å²) in [6.45, 7) is 5.15. The molecule has 1 rings (SSSR count). The molecule has 0 saturated carbocycles. The third-order valence-electron chi connectivity index (χ3n) is 4.35. The molecule has 0 aliphatic carbocycles. The van der Waals surface area contributed by atoms with Crippen molar-refractivity contribution in [1.29, 1.82) is 0 Å². The molecule has 0 spiro atoms. The Morgan fingerprint density at radius 3 is 2.48 bits per heavy atom. The molecule has 2 atom stereocenters. The van der Waals surface area contributed by atoms with Crippen LogP contribution < -0.4 is 0 Å². The summed E-state index contributed by atoms with van der Waals surface area (Å²) in [5, 5.41) is 0. The first-order valence-corrected chi connectivity index (χ1v) is 8.98. The lowest BCUT2D eigenvalue weighted by atomic mass is 9.95. The quantitative estimate of drug-likeness (QED) is 0.529. The van der Waals surface area contributed by atoms with Gasteiger partial charge in [-0.3, -0.25) is 14.4 Å². The van der Waals surface area contributed by atoms with Gasteiger partial charge in [0, 0.05) is 45.8 Å². The second-order valence-electron chi connectivity index (χ2n) is 6.66. The first kappa shape index (κ1) is 23.4. The van der Waals surface area contributed by atoms with Crippen molar-refractivity contribution in [2.24, 2.45) is 11.8 Å². The van der Waals surface area contributed by atoms with Crippen LogP contribution in [0.2, 0.25) is 0 Å². The third kappa shape index (κ3) is 12.5. The molecule has 2 unspecified atom stereocenters. The summed E-state index contributed by atoms with van der Waals surface area (Å²) < 4.78 is 10.1. The molecular weight excluding hydrogens is 324 g/mol. The maximum absolute atomic E-state index is 11.9. The van der Waals surface area contributed by atoms with Crippen molar-refractivity contribution in [2.45, 2.75) is 64.7 Å². The Balaban J connectivity index is 0.00000277. The Morgan fingerprint density at radius 1 is 1.20 bits per heavy atom. The van der Waals surface area contributed by atoms with Gasteiger partial charge < -0.3 is 14.3 Å². The molecule has 144 valence electrons. The van der Waals surface area contributed by atoms with E-state index in [1.165, 1.54) is 0 Å². The van der Waals surface area contributed by atoms with Crippen LogP contribution >= 0.6 is 0 Å². The molecule has 0 radical (unpaired) electrons. The minimum atomic E-state index is -0.132. The van der Waals surface area contributed by atoms with Gasteiger partial charge in [-0.25, -0.2) is 0 Å². The molecule has 0 aromatic rings. The number of carbonyl (C=O) groups excluding carboxylic acids is 4. The Kier molecular flexibility index (Phi) is 13.8. The van der Waals surface area contributed by atoms with Crippen molar-refractivity contribution >= 4 is 24.3 Å². The summed E-state index contributed by atoms with van der Waals surface area (Å²) in [5.41, 5.74) is 0. The molecule has 1 fully saturated rings. The van der Waals surface area contributed by atoms with Crippen LogP contribution in [0.5, 0.6) is 0 Å². The average Bonchev–Trinajstić information content (AvgIpc) is 2.82. The van der Waals surface area contributed by atoms with Crippen LogP contribution in [0.1, 0.15) is 64.7 Å². The number of esters is 1. The highest BCUT2D eigenvalue weighted by atomic mass is 16.5. The summed E-state index contributed by atoms with van der Waals surface area (Å²) in [7, 11) is 1.66. The van der Waals surface area contributed by atoms with Crippen molar-refractivity contribution in [3.8, 4) is 0 Å². The fraction of sp³-hybridized carbons (Fsp3) is 0.789. The standard InChI is InChI=1S/C18H30O5.CH2O/c1-14(12-22-2)6-8-16(19)10-11-17(20)9-7-15-4-3-5-18(21)23-13-15;1-2/h14-15H,3-13H2,1-2H3;1H2. The van der Waals surface area contributed by atoms with E-state index in [4.69, 9.17) is 14.3 Å². The number of carbonyl (C=O) groups is 4. The Bertz CT molecular complexity index is 407. The highest BCUT2D eigenvalue weighted by molar-refractivity contribution is 5.85. The van der Waals surface area contributed by atoms with Crippen LogP contribution in [0.3, 0.4) is 0 Å². The van der Waals surface area contributed by atoms with Crippen LogP contribution in [0.15, 0.2) is 0 Å². The van der Waals surface area contributed by atoms with Gasteiger partial charge >= 0.3 is 5.97 Å². The van der Waals surface area contributed by atoms with Gasteiger partial charge in [0.05, 0.1) is 6.61 Å². The van der Waals surface area contributed by atoms with Crippen LogP contribution in [0.25, 0.3) is 0 Å². The van der Waals surface area contributed by atoms with Gasteiger partial charge in [-0.05, 0) is 37.5 Å². The molecular formula is C19H32O6. The first-order chi connectivity index (χ1) is 12.0. The fourth-order valence-electron chi connectivity index (χ4n) is 2.80. The third-order valence-corrected chi connectivity index (χ3v) is 4.35. The predicted molar refractivity (Wildman–Crippen MR) is 94.2 cm³/mol. The summed E-state index contributed by atoms with van der Waals surface area (Å²) in [4.78, 5) is 42.9. The normalized spacial score (nSPS) is 18.3. The first-order valence-electron chi connectivity index (χ1n) is 8.98. The molecule has 1 aliphatic heterocycles. The zero-order chi connectivity index (χ0) is 19.1. The summed E-state index contributed by atoms with van der Waals surface area (Å²) in [6.07, 6.45) is 5.53. The van der Waals surface area contributed by atoms with E-state index in [1.54, 1.807) is 7.11 Å². The minimum Gasteiger partial charge on any atom is -0.465 e. The maximum atomic E-state index is 11.9. The largest absolute Gasteiger partial charge is 0.465 e. The van der Waals surface area contributed by atoms with Gasteiger partial charge in [-0.15, -0.1) is 0 Å². The van der Waals surface area contributed by atoms with Gasteiger partial charge in [0.15, 0.2) is 0 Å². The van der Waals surface area contributed by atoms with Gasteiger partial charge in [0.2, 0.25) is 0 Å². The Hall–Kier alpha value is -1.56. The maximum Gasteiger partial charge on any atom is 0.305 e. The van der Waals surface area contributed by atoms with Gasteiger partial charge in [-0.1, -0.05) is 6.92 Å². The molecule has 6 heteroatoms. The molecule has 0 aromatic carbocycles. The van der Waals surface area contributed by atoms with Crippen molar-refractivity contribution in [1.82, 2.24) is 0 Å². The van der Waals surface area contributed by atoms with Crippen LogP contribution in [-0.2, 0) is 28.7 Å². The molecule has 0 aromatic heterocycles. The molecule has 1 heterocycles. The number of ketones is 2. The van der Waals surface area contributed by atoms with Gasteiger partial charge in [0.25, 0.3) is 0 Å². The van der Waals surface area contributed by atoms with E-state index < -0.39 is 0 Å². The fourth-order valence-corrected chi connectivity index (χ4v) is 2.80. The summed E-state index contributed by atoms with van der Waals surface area (Å²) in [6, 6.07) is 0. The molecule has 25 heavy (non-hydrogen) atoms. The highest BCUT2D eigenvalue weighted by Gasteiger charge is 2.18. The number of Topliss-reactive ketones (excluding diaryl/α,β-unsaturated/α-hetero) is 2. The molecule has 1 aliphatic rings. The van der Waals surface area contributed by atoms with E-state index in [1.807, 2.05) is 6.79 Å². The Morgan fingerprint density at radius 2 is 1.84 bits per heavy atom. The average molecular weight is 356 g/mol. The van der Waals surface area contributed by atoms with E-state index in [-0.39, 0.29) is 23.5 Å². The topological polar surface area (TPSA) is 86.7 Å². The predicted octanol–water partition coefficient (Wildman–Crippen LogP) is 2.91. The number of rotatable bonds is 11. The van der Waals surface area contributed by atoms with Crippen molar-refractivity contribution in [2.75, 3.05) is 20.3 Å². The van der Waals surface area contributed by atoms with E-state index in [2.05, 4.69) is 6.92 Å². The van der Waals surface area contributed by atoms with E-state index in [0.29, 0.717) is 51.2 Å². The lowest BCUT2D eigenvalue weighted by Gasteiger charge is -2.12. The van der Waals surface area contributed by atoms with E-state index >= 15 is 0 Å². The molecule has 0 bridgehead atoms. The van der Waals surface area contributed by atoms with E-state index in [9.17, 15) is 14.4 Å². The van der Waals surface area contributed by atoms with Crippen molar-refractivity contribution in [3.05, 3.63) is 0 Å². The summed E-state index contributed by atoms with van der Waals surface area (Å²) in [5.74, 6) is 0.823. The van der Waals surface area contributed by atoms with Crippen LogP contribution in [-0.4, -0.2) is 44.6 Å². The van der Waals surface area contributed by atoms with Gasteiger partial charge in [-0.2, -0.15) is 0 Å². The lowest BCUT2D eigenvalue weighted by Crippen LogP contribution is -2.12. The van der Waals surface area contributed by atoms with Gasteiger partial charge in [0.1, 0.15) is 18.4 Å². The smallest absolute Gasteiger partial charge is 0.305 e. The number of cyclic esters (lactones) is 1. The molecule has 6 nitrogen and oxygen atoms in total. The highest BCUT2D eigenvalue weighted by Crippen LogP contribution is 2.20. The number of methoxy groups -OCH3 is 1. The van der Waals surface area contributed by atoms with Crippen LogP contribution in [0, 0.1) is 11.8 Å². The number of ether oxygens (including phenoxy) is 2. The zero-order valence-corrected chi connectivity index (χ0v) is 15.6. The van der Waals surface area contributed by atoms with E-state index in [0.717, 1.165) is 25.7 Å². The number of hydrogen-bond acceptors (Lipinski definition) is 6. The lowest BCUT2D eigenvalue weighted by molar-refractivity contribution is -0.143. The van der Waals surface area contributed by atoms with Crippen molar-refractivity contribution in [3.63, 3.8) is 0 Å². The monoisotopic (exact) mass is 356 g/mol. The zero-order valence-electron chi connectivity index (χ0n) is 15.6. The summed E-state index contributed by atoms with van der Waals surface area (Å²) >= 11 is 0. The SMILES string of the molecule is C=O.COCC(C)CCC(=O)CCC(=O)CCC1CCCC(=O)OC1. The van der Waals surface area contributed by atoms with Crippen LogP contribution in [0.4, 0.5) is 0 Å². The Labute approximate surface area is 150 Å². The number of hydrogen-bond donors (Lipinski definition) is 0. The molecule has 1 saturated heterocycles. The second-order valence-corrected chi connectivity index (χ2v) is 6.66. The minimum absolute atomic E-state index is 0.132. The molecule has 0 N–H and O–H groups in total. The second kappa shape index (κ2) is 14.8. The molecule has 0 amide bonds. The van der Waals surface area contributed by atoms with Crippen molar-refractivity contribution < 1.29 is 28.7 Å².